The quantitative estimate of drug-likeness (QED) is 0.851. The van der Waals surface area contributed by atoms with Crippen molar-refractivity contribution in [1.82, 2.24) is 0 Å². The third-order valence-corrected chi connectivity index (χ3v) is 3.19. The maximum atomic E-state index is 11.2. The molecule has 0 spiro atoms. The van der Waals surface area contributed by atoms with E-state index in [-0.39, 0.29) is 11.3 Å². The van der Waals surface area contributed by atoms with E-state index in [1.807, 2.05) is 0 Å². The van der Waals surface area contributed by atoms with Crippen LogP contribution in [0.3, 0.4) is 0 Å². The van der Waals surface area contributed by atoms with Crippen LogP contribution < -0.4 is 16.2 Å². The predicted molar refractivity (Wildman–Crippen MR) is 75.9 cm³/mol. The van der Waals surface area contributed by atoms with Gasteiger partial charge in [-0.3, -0.25) is 4.79 Å². The van der Waals surface area contributed by atoms with Gasteiger partial charge < -0.3 is 16.2 Å². The van der Waals surface area contributed by atoms with Crippen LogP contribution in [-0.2, 0) is 0 Å². The lowest BCUT2D eigenvalue weighted by atomic mass is 10.1. The molecule has 2 rings (SSSR count). The lowest BCUT2D eigenvalue weighted by molar-refractivity contribution is 0.100. The number of ether oxygens (including phenoxy) is 1. The van der Waals surface area contributed by atoms with Crippen molar-refractivity contribution >= 4 is 34.8 Å². The summed E-state index contributed by atoms with van der Waals surface area (Å²) in [6.45, 7) is 0. The van der Waals surface area contributed by atoms with Crippen LogP contribution in [0.1, 0.15) is 10.4 Å². The fourth-order valence-electron chi connectivity index (χ4n) is 1.52. The lowest BCUT2D eigenvalue weighted by Gasteiger charge is -2.11. The summed E-state index contributed by atoms with van der Waals surface area (Å²) in [5.41, 5.74) is 11.4. The largest absolute Gasteiger partial charge is 0.455 e. The van der Waals surface area contributed by atoms with Gasteiger partial charge in [0.2, 0.25) is 0 Å². The molecule has 0 aliphatic carbocycles. The van der Waals surface area contributed by atoms with Crippen LogP contribution in [0.25, 0.3) is 0 Å². The first-order chi connectivity index (χ1) is 8.99. The van der Waals surface area contributed by atoms with Gasteiger partial charge in [0.1, 0.15) is 5.75 Å². The molecule has 0 saturated heterocycles. The Labute approximate surface area is 119 Å². The minimum absolute atomic E-state index is 0.182. The molecule has 0 heterocycles. The summed E-state index contributed by atoms with van der Waals surface area (Å²) in [6, 6.07) is 9.59. The number of carbonyl (C=O) groups excluding carboxylic acids is 1. The molecule has 4 nitrogen and oxygen atoms in total. The van der Waals surface area contributed by atoms with Crippen molar-refractivity contribution in [3.05, 3.63) is 52.0 Å². The number of para-hydroxylation sites is 1. The second-order valence-electron chi connectivity index (χ2n) is 3.76. The van der Waals surface area contributed by atoms with E-state index >= 15 is 0 Å². The van der Waals surface area contributed by atoms with E-state index in [1.165, 1.54) is 6.07 Å². The van der Waals surface area contributed by atoms with Gasteiger partial charge in [0.15, 0.2) is 5.75 Å². The standard InChI is InChI=1S/C13H10Cl2N2O2/c14-9-5-4-7(6-10(9)15)19-11-3-1-2-8(12(11)16)13(17)18/h1-6H,16H2,(H2,17,18). The van der Waals surface area contributed by atoms with Crippen molar-refractivity contribution in [2.45, 2.75) is 0 Å². The third kappa shape index (κ3) is 2.92. The molecule has 4 N–H and O–H groups in total. The molecule has 2 aromatic carbocycles. The summed E-state index contributed by atoms with van der Waals surface area (Å²) in [5.74, 6) is 0.175. The maximum absolute atomic E-state index is 11.2. The average molecular weight is 297 g/mol. The zero-order valence-corrected chi connectivity index (χ0v) is 11.2. The van der Waals surface area contributed by atoms with Gasteiger partial charge >= 0.3 is 0 Å². The van der Waals surface area contributed by atoms with Crippen LogP contribution in [-0.4, -0.2) is 5.91 Å². The molecule has 0 fully saturated rings. The molecule has 0 bridgehead atoms. The predicted octanol–water partition coefficient (Wildman–Crippen LogP) is 3.47. The normalized spacial score (nSPS) is 10.2. The Bertz CT molecular complexity index is 645. The van der Waals surface area contributed by atoms with Crippen LogP contribution in [0.5, 0.6) is 11.5 Å². The average Bonchev–Trinajstić information content (AvgIpc) is 2.36. The fourth-order valence-corrected chi connectivity index (χ4v) is 1.80. The highest BCUT2D eigenvalue weighted by Gasteiger charge is 2.11. The minimum atomic E-state index is -0.614. The number of amides is 1. The van der Waals surface area contributed by atoms with Crippen LogP contribution >= 0.6 is 23.2 Å². The highest BCUT2D eigenvalue weighted by atomic mass is 35.5. The van der Waals surface area contributed by atoms with Gasteiger partial charge in [0.25, 0.3) is 5.91 Å². The van der Waals surface area contributed by atoms with Gasteiger partial charge in [-0.05, 0) is 24.3 Å². The van der Waals surface area contributed by atoms with E-state index in [4.69, 9.17) is 39.4 Å². The number of benzene rings is 2. The van der Waals surface area contributed by atoms with Gasteiger partial charge in [-0.2, -0.15) is 0 Å². The second-order valence-corrected chi connectivity index (χ2v) is 4.57. The number of rotatable bonds is 3. The van der Waals surface area contributed by atoms with Crippen LogP contribution in [0.4, 0.5) is 5.69 Å². The SMILES string of the molecule is NC(=O)c1cccc(Oc2ccc(Cl)c(Cl)c2)c1N. The van der Waals surface area contributed by atoms with Gasteiger partial charge in [-0.15, -0.1) is 0 Å². The van der Waals surface area contributed by atoms with Crippen LogP contribution in [0.15, 0.2) is 36.4 Å². The first-order valence-corrected chi connectivity index (χ1v) is 6.06. The number of hydrogen-bond acceptors (Lipinski definition) is 3. The van der Waals surface area contributed by atoms with Gasteiger partial charge in [0, 0.05) is 6.07 Å². The van der Waals surface area contributed by atoms with E-state index in [9.17, 15) is 4.79 Å². The Hall–Kier alpha value is -1.91. The van der Waals surface area contributed by atoms with Crippen molar-refractivity contribution in [3.63, 3.8) is 0 Å². The van der Waals surface area contributed by atoms with Crippen molar-refractivity contribution in [1.29, 1.82) is 0 Å². The lowest BCUT2D eigenvalue weighted by Crippen LogP contribution is -2.13. The first kappa shape index (κ1) is 13.5. The molecule has 0 atom stereocenters. The molecule has 6 heteroatoms. The van der Waals surface area contributed by atoms with Crippen molar-refractivity contribution in [3.8, 4) is 11.5 Å². The Morgan fingerprint density at radius 2 is 1.84 bits per heavy atom. The Kier molecular flexibility index (Phi) is 3.83. The van der Waals surface area contributed by atoms with Gasteiger partial charge in [-0.25, -0.2) is 0 Å². The van der Waals surface area contributed by atoms with Crippen molar-refractivity contribution < 1.29 is 9.53 Å². The molecular weight excluding hydrogens is 287 g/mol. The molecule has 0 unspecified atom stereocenters. The van der Waals surface area contributed by atoms with E-state index in [0.29, 0.717) is 21.5 Å². The minimum Gasteiger partial charge on any atom is -0.455 e. The second kappa shape index (κ2) is 5.38. The Balaban J connectivity index is 2.35. The topological polar surface area (TPSA) is 78.3 Å². The summed E-state index contributed by atoms with van der Waals surface area (Å²) in [5, 5.41) is 0.789. The van der Waals surface area contributed by atoms with Crippen molar-refractivity contribution in [2.75, 3.05) is 5.73 Å². The summed E-state index contributed by atoms with van der Waals surface area (Å²) in [6.07, 6.45) is 0. The number of carbonyl (C=O) groups is 1. The van der Waals surface area contributed by atoms with Crippen molar-refractivity contribution in [2.24, 2.45) is 5.73 Å². The summed E-state index contributed by atoms with van der Waals surface area (Å²) in [4.78, 5) is 11.2. The monoisotopic (exact) mass is 296 g/mol. The number of anilines is 1. The van der Waals surface area contributed by atoms with Gasteiger partial charge in [0.05, 0.1) is 21.3 Å². The third-order valence-electron chi connectivity index (χ3n) is 2.45. The fraction of sp³-hybridized carbons (Fsp3) is 0. The molecule has 0 saturated carbocycles. The number of primary amides is 1. The molecular formula is C13H10Cl2N2O2. The molecule has 2 aromatic rings. The highest BCUT2D eigenvalue weighted by molar-refractivity contribution is 6.42. The molecule has 0 aliphatic heterocycles. The van der Waals surface area contributed by atoms with Gasteiger partial charge in [-0.1, -0.05) is 29.3 Å². The number of hydrogen-bond donors (Lipinski definition) is 2. The Morgan fingerprint density at radius 1 is 1.11 bits per heavy atom. The molecule has 0 aliphatic rings. The molecule has 1 amide bonds. The van der Waals surface area contributed by atoms with E-state index in [1.54, 1.807) is 30.3 Å². The summed E-state index contributed by atoms with van der Waals surface area (Å²) in [7, 11) is 0. The summed E-state index contributed by atoms with van der Waals surface area (Å²) >= 11 is 11.7. The number of nitrogens with two attached hydrogens (primary N) is 2. The molecule has 19 heavy (non-hydrogen) atoms. The molecule has 0 aromatic heterocycles. The molecule has 0 radical (unpaired) electrons. The number of halogens is 2. The van der Waals surface area contributed by atoms with E-state index in [0.717, 1.165) is 0 Å². The smallest absolute Gasteiger partial charge is 0.250 e. The summed E-state index contributed by atoms with van der Waals surface area (Å²) < 4.78 is 5.56. The first-order valence-electron chi connectivity index (χ1n) is 5.30. The zero-order valence-electron chi connectivity index (χ0n) is 9.69. The van der Waals surface area contributed by atoms with E-state index < -0.39 is 5.91 Å². The Morgan fingerprint density at radius 3 is 2.47 bits per heavy atom. The molecule has 98 valence electrons. The maximum Gasteiger partial charge on any atom is 0.250 e. The highest BCUT2D eigenvalue weighted by Crippen LogP contribution is 2.33. The zero-order chi connectivity index (χ0) is 14.0. The van der Waals surface area contributed by atoms with E-state index in [2.05, 4.69) is 0 Å². The van der Waals surface area contributed by atoms with Crippen LogP contribution in [0.2, 0.25) is 10.0 Å². The van der Waals surface area contributed by atoms with Crippen LogP contribution in [0, 0.1) is 0 Å². The number of nitrogen functional groups attached to an aromatic ring is 1.